The number of urea groups is 1. The van der Waals surface area contributed by atoms with Crippen molar-refractivity contribution < 1.29 is 23.8 Å². The topological polar surface area (TPSA) is 97.9 Å². The Bertz CT molecular complexity index is 903. The Morgan fingerprint density at radius 1 is 0.903 bits per heavy atom. The maximum Gasteiger partial charge on any atom is 0.412 e. The second-order valence-electron chi connectivity index (χ2n) is 8.01. The quantitative estimate of drug-likeness (QED) is 0.678. The smallest absolute Gasteiger partial charge is 0.412 e. The van der Waals surface area contributed by atoms with Gasteiger partial charge in [-0.3, -0.25) is 5.32 Å². The highest BCUT2D eigenvalue weighted by molar-refractivity contribution is 5.89. The fourth-order valence-corrected chi connectivity index (χ4v) is 3.78. The van der Waals surface area contributed by atoms with Crippen molar-refractivity contribution in [3.63, 3.8) is 0 Å². The van der Waals surface area contributed by atoms with Crippen LogP contribution in [0.1, 0.15) is 25.3 Å². The summed E-state index contributed by atoms with van der Waals surface area (Å²) in [5.74, 6) is 0.421. The number of hydrogen-bond acceptors (Lipinski definition) is 5. The third kappa shape index (κ3) is 5.15. The van der Waals surface area contributed by atoms with Crippen LogP contribution in [0.15, 0.2) is 54.6 Å². The fourth-order valence-electron chi connectivity index (χ4n) is 3.78. The van der Waals surface area contributed by atoms with E-state index in [1.165, 1.54) is 5.56 Å². The number of hydrogen-bond donors (Lipinski definition) is 3. The molecule has 3 N–H and O–H groups in total. The summed E-state index contributed by atoms with van der Waals surface area (Å²) in [4.78, 5) is 24.6. The number of para-hydroxylation sites is 1. The van der Waals surface area contributed by atoms with Gasteiger partial charge in [0.25, 0.3) is 0 Å². The maximum atomic E-state index is 12.3. The first kappa shape index (κ1) is 21.1. The molecule has 4 unspecified atom stereocenters. The van der Waals surface area contributed by atoms with Gasteiger partial charge in [-0.25, -0.2) is 9.59 Å². The van der Waals surface area contributed by atoms with Crippen LogP contribution in [0.5, 0.6) is 0 Å². The molecule has 2 aromatic rings. The average molecular weight is 425 g/mol. The number of carbonyl (C=O) groups is 2. The molecule has 0 bridgehead atoms. The molecule has 2 aromatic carbocycles. The van der Waals surface area contributed by atoms with Gasteiger partial charge in [0.15, 0.2) is 6.10 Å². The van der Waals surface area contributed by atoms with Gasteiger partial charge in [0, 0.05) is 11.4 Å². The number of carbonyl (C=O) groups excluding carboxylic acids is 2. The van der Waals surface area contributed by atoms with E-state index >= 15 is 0 Å². The molecule has 2 saturated heterocycles. The van der Waals surface area contributed by atoms with E-state index < -0.39 is 18.3 Å². The Morgan fingerprint density at radius 3 is 2.29 bits per heavy atom. The molecule has 0 spiro atoms. The number of anilines is 2. The summed E-state index contributed by atoms with van der Waals surface area (Å²) in [5, 5.41) is 8.38. The summed E-state index contributed by atoms with van der Waals surface area (Å²) in [6.07, 6.45) is -1.89. The lowest BCUT2D eigenvalue weighted by molar-refractivity contribution is 0.00874. The monoisotopic (exact) mass is 425 g/mol. The van der Waals surface area contributed by atoms with Crippen LogP contribution in [0, 0.1) is 0 Å². The van der Waals surface area contributed by atoms with Gasteiger partial charge in [0.2, 0.25) is 0 Å². The number of ether oxygens (including phenoxy) is 3. The van der Waals surface area contributed by atoms with Gasteiger partial charge in [-0.05, 0) is 35.7 Å². The summed E-state index contributed by atoms with van der Waals surface area (Å²) in [5.41, 5.74) is 2.55. The molecule has 164 valence electrons. The zero-order valence-electron chi connectivity index (χ0n) is 17.5. The molecule has 0 aliphatic carbocycles. The minimum Gasteiger partial charge on any atom is -0.441 e. The number of fused-ring (bicyclic) bond motifs is 1. The second kappa shape index (κ2) is 9.36. The van der Waals surface area contributed by atoms with E-state index in [4.69, 9.17) is 14.2 Å². The highest BCUT2D eigenvalue weighted by atomic mass is 16.6. The van der Waals surface area contributed by atoms with Gasteiger partial charge < -0.3 is 24.8 Å². The third-order valence-corrected chi connectivity index (χ3v) is 5.44. The van der Waals surface area contributed by atoms with E-state index in [9.17, 15) is 9.59 Å². The Morgan fingerprint density at radius 2 is 1.58 bits per heavy atom. The molecule has 2 aliphatic heterocycles. The molecule has 0 radical (unpaired) electrons. The van der Waals surface area contributed by atoms with Crippen LogP contribution < -0.4 is 16.0 Å². The highest BCUT2D eigenvalue weighted by Gasteiger charge is 2.50. The maximum absolute atomic E-state index is 12.3. The summed E-state index contributed by atoms with van der Waals surface area (Å²) in [6.45, 7) is 4.73. The van der Waals surface area contributed by atoms with Crippen LogP contribution in [0.2, 0.25) is 0 Å². The summed E-state index contributed by atoms with van der Waals surface area (Å²) < 4.78 is 17.1. The molecule has 0 aromatic heterocycles. The van der Waals surface area contributed by atoms with Crippen LogP contribution in [0.4, 0.5) is 21.0 Å². The van der Waals surface area contributed by atoms with E-state index in [2.05, 4.69) is 29.8 Å². The molecule has 8 heteroatoms. The number of benzene rings is 2. The van der Waals surface area contributed by atoms with Crippen molar-refractivity contribution >= 4 is 23.5 Å². The number of nitrogens with one attached hydrogen (secondary N) is 3. The summed E-state index contributed by atoms with van der Waals surface area (Å²) in [6, 6.07) is 16.2. The number of rotatable bonds is 5. The lowest BCUT2D eigenvalue weighted by atomic mass is 10.0. The zero-order valence-corrected chi connectivity index (χ0v) is 17.5. The Kier molecular flexibility index (Phi) is 6.39. The van der Waals surface area contributed by atoms with Crippen molar-refractivity contribution in [1.29, 1.82) is 0 Å². The predicted molar refractivity (Wildman–Crippen MR) is 116 cm³/mol. The third-order valence-electron chi connectivity index (χ3n) is 5.44. The zero-order chi connectivity index (χ0) is 21.8. The normalized spacial score (nSPS) is 24.5. The molecule has 4 rings (SSSR count). The standard InChI is InChI=1S/C23H27N3O5/c1-14(2)15-8-10-17(11-9-15)25-23(28)31-19-13-30-20-18(12-29-21(19)20)26-22(27)24-16-6-4-3-5-7-16/h3-11,14,18-21H,12-13H2,1-2H3,(H,25,28)(H2,24,26,27). The van der Waals surface area contributed by atoms with E-state index in [0.29, 0.717) is 17.3 Å². The van der Waals surface area contributed by atoms with Gasteiger partial charge in [0.05, 0.1) is 19.3 Å². The molecule has 3 amide bonds. The SMILES string of the molecule is CC(C)c1ccc(NC(=O)OC2COC3C(NC(=O)Nc4ccccc4)COC23)cc1. The van der Waals surface area contributed by atoms with Gasteiger partial charge >= 0.3 is 12.1 Å². The molecular formula is C23H27N3O5. The fraction of sp³-hybridized carbons (Fsp3) is 0.391. The minimum absolute atomic E-state index is 0.216. The minimum atomic E-state index is -0.562. The lowest BCUT2D eigenvalue weighted by Gasteiger charge is -2.18. The van der Waals surface area contributed by atoms with Crippen LogP contribution in [-0.4, -0.2) is 49.7 Å². The molecule has 2 fully saturated rings. The Hall–Kier alpha value is -3.10. The van der Waals surface area contributed by atoms with Gasteiger partial charge in [-0.2, -0.15) is 0 Å². The molecule has 8 nitrogen and oxygen atoms in total. The van der Waals surface area contributed by atoms with Crippen LogP contribution in [0.3, 0.4) is 0 Å². The van der Waals surface area contributed by atoms with Crippen molar-refractivity contribution in [3.05, 3.63) is 60.2 Å². The molecule has 4 atom stereocenters. The first-order chi connectivity index (χ1) is 15.0. The first-order valence-electron chi connectivity index (χ1n) is 10.4. The van der Waals surface area contributed by atoms with Crippen LogP contribution in [0.25, 0.3) is 0 Å². The van der Waals surface area contributed by atoms with E-state index in [1.807, 2.05) is 42.5 Å². The lowest BCUT2D eigenvalue weighted by Crippen LogP contribution is -2.46. The Balaban J connectivity index is 1.26. The molecule has 31 heavy (non-hydrogen) atoms. The number of amides is 3. The second-order valence-corrected chi connectivity index (χ2v) is 8.01. The van der Waals surface area contributed by atoms with Crippen molar-refractivity contribution in [2.75, 3.05) is 23.8 Å². The van der Waals surface area contributed by atoms with E-state index in [0.717, 1.165) is 0 Å². The van der Waals surface area contributed by atoms with Gasteiger partial charge in [0.1, 0.15) is 12.2 Å². The van der Waals surface area contributed by atoms with E-state index in [-0.39, 0.29) is 31.4 Å². The van der Waals surface area contributed by atoms with Crippen molar-refractivity contribution in [3.8, 4) is 0 Å². The predicted octanol–water partition coefficient (Wildman–Crippen LogP) is 3.72. The molecule has 2 heterocycles. The molecule has 2 aliphatic rings. The van der Waals surface area contributed by atoms with Crippen molar-refractivity contribution in [1.82, 2.24) is 5.32 Å². The van der Waals surface area contributed by atoms with E-state index in [1.54, 1.807) is 12.1 Å². The Labute approximate surface area is 181 Å². The largest absolute Gasteiger partial charge is 0.441 e. The first-order valence-corrected chi connectivity index (χ1v) is 10.4. The van der Waals surface area contributed by atoms with Gasteiger partial charge in [-0.1, -0.05) is 44.2 Å². The average Bonchev–Trinajstić information content (AvgIpc) is 3.32. The van der Waals surface area contributed by atoms with Crippen LogP contribution in [-0.2, 0) is 14.2 Å². The summed E-state index contributed by atoms with van der Waals surface area (Å²) >= 11 is 0. The van der Waals surface area contributed by atoms with Crippen molar-refractivity contribution in [2.45, 2.75) is 44.1 Å². The summed E-state index contributed by atoms with van der Waals surface area (Å²) in [7, 11) is 0. The highest BCUT2D eigenvalue weighted by Crippen LogP contribution is 2.29. The van der Waals surface area contributed by atoms with Crippen LogP contribution >= 0.6 is 0 Å². The molecule has 0 saturated carbocycles. The van der Waals surface area contributed by atoms with Crippen molar-refractivity contribution in [2.24, 2.45) is 0 Å². The van der Waals surface area contributed by atoms with Gasteiger partial charge in [-0.15, -0.1) is 0 Å². The molecular weight excluding hydrogens is 398 g/mol.